The molecule has 1 N–H and O–H groups in total. The predicted molar refractivity (Wildman–Crippen MR) is 86.0 cm³/mol. The zero-order chi connectivity index (χ0) is 17.2. The lowest BCUT2D eigenvalue weighted by atomic mass is 10.2. The highest BCUT2D eigenvalue weighted by molar-refractivity contribution is 7.89. The molecule has 7 nitrogen and oxygen atoms in total. The second-order valence-corrected chi connectivity index (χ2v) is 6.78. The summed E-state index contributed by atoms with van der Waals surface area (Å²) in [5, 5.41) is 3.58. The molecule has 0 aliphatic carbocycles. The summed E-state index contributed by atoms with van der Waals surface area (Å²) in [5.74, 6) is 1.56. The predicted octanol–water partition coefficient (Wildman–Crippen LogP) is 2.73. The number of hydrogen-bond acceptors (Lipinski definition) is 6. The molecule has 8 heteroatoms. The van der Waals surface area contributed by atoms with Gasteiger partial charge in [-0.2, -0.15) is 0 Å². The van der Waals surface area contributed by atoms with Gasteiger partial charge in [-0.05, 0) is 13.0 Å². The van der Waals surface area contributed by atoms with Crippen LogP contribution < -0.4 is 9.46 Å². The number of furan rings is 1. The monoisotopic (exact) mass is 348 g/mol. The lowest BCUT2D eigenvalue weighted by molar-refractivity contribution is 0.409. The van der Waals surface area contributed by atoms with Gasteiger partial charge in [-0.1, -0.05) is 23.4 Å². The molecule has 0 fully saturated rings. The zero-order valence-corrected chi connectivity index (χ0v) is 14.0. The van der Waals surface area contributed by atoms with Crippen LogP contribution in [0.15, 0.2) is 56.4 Å². The molecule has 3 rings (SSSR count). The van der Waals surface area contributed by atoms with Crippen LogP contribution in [0.3, 0.4) is 0 Å². The van der Waals surface area contributed by atoms with Crippen LogP contribution in [0.1, 0.15) is 11.3 Å². The van der Waals surface area contributed by atoms with Gasteiger partial charge in [-0.15, -0.1) is 0 Å². The Bertz CT molecular complexity index is 929. The minimum Gasteiger partial charge on any atom is -0.496 e. The Kier molecular flexibility index (Phi) is 4.41. The van der Waals surface area contributed by atoms with Crippen LogP contribution >= 0.6 is 0 Å². The molecule has 0 saturated heterocycles. The second kappa shape index (κ2) is 6.50. The van der Waals surface area contributed by atoms with Crippen molar-refractivity contribution in [2.24, 2.45) is 0 Å². The van der Waals surface area contributed by atoms with Crippen molar-refractivity contribution < 1.29 is 22.1 Å². The van der Waals surface area contributed by atoms with Crippen molar-refractivity contribution in [3.8, 4) is 17.3 Å². The number of aryl methyl sites for hydroxylation is 1. The zero-order valence-electron chi connectivity index (χ0n) is 13.1. The third-order valence-corrected chi connectivity index (χ3v) is 5.00. The minimum absolute atomic E-state index is 0.0591. The van der Waals surface area contributed by atoms with Crippen molar-refractivity contribution in [1.29, 1.82) is 0 Å². The summed E-state index contributed by atoms with van der Waals surface area (Å²) in [5.41, 5.74) is 0.736. The topological polar surface area (TPSA) is 94.6 Å². The summed E-state index contributed by atoms with van der Waals surface area (Å²) in [6, 6.07) is 10.2. The van der Waals surface area contributed by atoms with Gasteiger partial charge in [0.25, 0.3) is 0 Å². The van der Waals surface area contributed by atoms with Crippen LogP contribution in [0.4, 0.5) is 0 Å². The number of rotatable bonds is 6. The molecule has 1 aromatic carbocycles. The van der Waals surface area contributed by atoms with Crippen LogP contribution in [0, 0.1) is 6.92 Å². The van der Waals surface area contributed by atoms with Gasteiger partial charge < -0.3 is 13.7 Å². The summed E-state index contributed by atoms with van der Waals surface area (Å²) in [7, 11) is -2.21. The molecule has 0 amide bonds. The molecule has 126 valence electrons. The molecule has 0 aliphatic heterocycles. The van der Waals surface area contributed by atoms with E-state index >= 15 is 0 Å². The van der Waals surface area contributed by atoms with E-state index in [-0.39, 0.29) is 17.2 Å². The SMILES string of the molecule is COc1ccccc1CNS(=O)(=O)c1cc(-c2ccno2)oc1C. The van der Waals surface area contributed by atoms with Crippen LogP contribution in [-0.2, 0) is 16.6 Å². The summed E-state index contributed by atoms with van der Waals surface area (Å²) < 4.78 is 43.3. The standard InChI is InChI=1S/C16H16N2O5S/c1-11-16(9-15(22-11)14-7-8-17-23-14)24(19,20)18-10-12-5-3-4-6-13(12)21-2/h3-9,18H,10H2,1-2H3. The van der Waals surface area contributed by atoms with E-state index in [0.717, 1.165) is 5.56 Å². The quantitative estimate of drug-likeness (QED) is 0.736. The highest BCUT2D eigenvalue weighted by Crippen LogP contribution is 2.28. The normalized spacial score (nSPS) is 11.6. The number of benzene rings is 1. The number of aromatic nitrogens is 1. The molecule has 3 aromatic rings. The second-order valence-electron chi connectivity index (χ2n) is 5.04. The first-order chi connectivity index (χ1) is 11.5. The summed E-state index contributed by atoms with van der Waals surface area (Å²) in [6.45, 7) is 1.69. The van der Waals surface area contributed by atoms with Crippen molar-refractivity contribution >= 4 is 10.0 Å². The average molecular weight is 348 g/mol. The van der Waals surface area contributed by atoms with E-state index in [1.54, 1.807) is 25.1 Å². The Morgan fingerprint density at radius 1 is 1.21 bits per heavy atom. The van der Waals surface area contributed by atoms with Gasteiger partial charge in [0.2, 0.25) is 15.8 Å². The van der Waals surface area contributed by atoms with Gasteiger partial charge in [0.15, 0.2) is 5.76 Å². The van der Waals surface area contributed by atoms with Gasteiger partial charge in [-0.3, -0.25) is 0 Å². The Labute approximate surface area is 139 Å². The molecule has 0 radical (unpaired) electrons. The number of methoxy groups -OCH3 is 1. The minimum atomic E-state index is -3.75. The molecule has 0 unspecified atom stereocenters. The van der Waals surface area contributed by atoms with Gasteiger partial charge >= 0.3 is 0 Å². The maximum atomic E-state index is 12.6. The van der Waals surface area contributed by atoms with Gasteiger partial charge in [0.05, 0.1) is 13.3 Å². The average Bonchev–Trinajstić information content (AvgIpc) is 3.22. The van der Waals surface area contributed by atoms with Crippen LogP contribution in [0.5, 0.6) is 5.75 Å². The molecule has 2 heterocycles. The van der Waals surface area contributed by atoms with E-state index in [2.05, 4.69) is 9.88 Å². The third-order valence-electron chi connectivity index (χ3n) is 3.49. The molecule has 0 bridgehead atoms. The number of nitrogens with zero attached hydrogens (tertiary/aromatic N) is 1. The van der Waals surface area contributed by atoms with E-state index in [9.17, 15) is 8.42 Å². The lowest BCUT2D eigenvalue weighted by Crippen LogP contribution is -2.23. The van der Waals surface area contributed by atoms with Crippen LogP contribution in [0.25, 0.3) is 11.5 Å². The molecule has 24 heavy (non-hydrogen) atoms. The van der Waals surface area contributed by atoms with Crippen molar-refractivity contribution in [2.75, 3.05) is 7.11 Å². The van der Waals surface area contributed by atoms with E-state index in [4.69, 9.17) is 13.7 Å². The van der Waals surface area contributed by atoms with Crippen molar-refractivity contribution in [2.45, 2.75) is 18.4 Å². The van der Waals surface area contributed by atoms with Crippen molar-refractivity contribution in [1.82, 2.24) is 9.88 Å². The number of nitrogens with one attached hydrogen (secondary N) is 1. The fraction of sp³-hybridized carbons (Fsp3) is 0.188. The summed E-state index contributed by atoms with van der Waals surface area (Å²) in [4.78, 5) is 0.0591. The van der Waals surface area contributed by atoms with Crippen LogP contribution in [0.2, 0.25) is 0 Å². The Hall–Kier alpha value is -2.58. The molecular formula is C16H16N2O5S. The Morgan fingerprint density at radius 2 is 2.00 bits per heavy atom. The highest BCUT2D eigenvalue weighted by Gasteiger charge is 2.23. The molecule has 0 aliphatic rings. The van der Waals surface area contributed by atoms with Gasteiger partial charge in [0.1, 0.15) is 16.4 Å². The molecule has 0 atom stereocenters. The maximum Gasteiger partial charge on any atom is 0.244 e. The molecule has 0 saturated carbocycles. The number of sulfonamides is 1. The summed E-state index contributed by atoms with van der Waals surface area (Å²) >= 11 is 0. The van der Waals surface area contributed by atoms with E-state index in [1.807, 2.05) is 12.1 Å². The molecule has 2 aromatic heterocycles. The molecule has 0 spiro atoms. The summed E-state index contributed by atoms with van der Waals surface area (Å²) in [6.07, 6.45) is 1.46. The Morgan fingerprint density at radius 3 is 2.71 bits per heavy atom. The first kappa shape index (κ1) is 16.3. The number of para-hydroxylation sites is 1. The number of ether oxygens (including phenoxy) is 1. The number of hydrogen-bond donors (Lipinski definition) is 1. The van der Waals surface area contributed by atoms with Gasteiger partial charge in [-0.25, -0.2) is 13.1 Å². The van der Waals surface area contributed by atoms with Gasteiger partial charge in [0, 0.05) is 24.2 Å². The highest BCUT2D eigenvalue weighted by atomic mass is 32.2. The first-order valence-electron chi connectivity index (χ1n) is 7.14. The third kappa shape index (κ3) is 3.19. The van der Waals surface area contributed by atoms with E-state index < -0.39 is 10.0 Å². The lowest BCUT2D eigenvalue weighted by Gasteiger charge is -2.09. The van der Waals surface area contributed by atoms with E-state index in [1.165, 1.54) is 19.4 Å². The smallest absolute Gasteiger partial charge is 0.244 e. The fourth-order valence-corrected chi connectivity index (χ4v) is 3.48. The first-order valence-corrected chi connectivity index (χ1v) is 8.62. The maximum absolute atomic E-state index is 12.6. The van der Waals surface area contributed by atoms with Crippen molar-refractivity contribution in [3.05, 3.63) is 53.9 Å². The molecular weight excluding hydrogens is 332 g/mol. The fourth-order valence-electron chi connectivity index (χ4n) is 2.30. The van der Waals surface area contributed by atoms with Crippen molar-refractivity contribution in [3.63, 3.8) is 0 Å². The largest absolute Gasteiger partial charge is 0.496 e. The van der Waals surface area contributed by atoms with Crippen LogP contribution in [-0.4, -0.2) is 20.7 Å². The van der Waals surface area contributed by atoms with E-state index in [0.29, 0.717) is 17.3 Å². The Balaban J connectivity index is 1.83.